The lowest BCUT2D eigenvalue weighted by atomic mass is 9.94. The second-order valence-electron chi connectivity index (χ2n) is 5.29. The van der Waals surface area contributed by atoms with Crippen molar-refractivity contribution in [3.8, 4) is 0 Å². The van der Waals surface area contributed by atoms with E-state index in [2.05, 4.69) is 10.5 Å². The molecule has 0 aliphatic carbocycles. The third-order valence-electron chi connectivity index (χ3n) is 3.95. The van der Waals surface area contributed by atoms with E-state index in [1.165, 1.54) is 0 Å². The zero-order valence-corrected chi connectivity index (χ0v) is 12.3. The molecular weight excluding hydrogens is 286 g/mol. The maximum atomic E-state index is 11.8. The van der Waals surface area contributed by atoms with Gasteiger partial charge in [0, 0.05) is 18.7 Å². The molecule has 0 saturated heterocycles. The molecule has 0 radical (unpaired) electrons. The van der Waals surface area contributed by atoms with Crippen LogP contribution in [0.25, 0.3) is 0 Å². The van der Waals surface area contributed by atoms with Crippen LogP contribution in [-0.2, 0) is 27.3 Å². The predicted molar refractivity (Wildman–Crippen MR) is 79.0 cm³/mol. The first-order valence-electron chi connectivity index (χ1n) is 7.20. The average Bonchev–Trinajstić information content (AvgIpc) is 2.82. The normalized spacial score (nSPS) is 18.8. The molecule has 116 valence electrons. The minimum atomic E-state index is -0.389. The molecule has 0 bridgehead atoms. The summed E-state index contributed by atoms with van der Waals surface area (Å²) in [6.45, 7) is 3.77. The summed E-state index contributed by atoms with van der Waals surface area (Å²) in [6.07, 6.45) is 0.719. The zero-order valence-electron chi connectivity index (χ0n) is 12.3. The lowest BCUT2D eigenvalue weighted by Gasteiger charge is -2.29. The van der Waals surface area contributed by atoms with E-state index in [1.54, 1.807) is 13.0 Å². The predicted octanol–water partition coefficient (Wildman–Crippen LogP) is 0.738. The van der Waals surface area contributed by atoms with E-state index in [4.69, 9.17) is 9.94 Å². The number of hydrogen-bond donors (Lipinski definition) is 2. The number of esters is 1. The maximum absolute atomic E-state index is 11.8. The van der Waals surface area contributed by atoms with E-state index in [9.17, 15) is 9.59 Å². The van der Waals surface area contributed by atoms with Gasteiger partial charge < -0.3 is 15.3 Å². The molecule has 0 aromatic heterocycles. The van der Waals surface area contributed by atoms with Crippen LogP contribution in [0.2, 0.25) is 0 Å². The van der Waals surface area contributed by atoms with Gasteiger partial charge in [0.2, 0.25) is 0 Å². The van der Waals surface area contributed by atoms with E-state index in [-0.39, 0.29) is 24.1 Å². The van der Waals surface area contributed by atoms with Gasteiger partial charge in [0.15, 0.2) is 5.71 Å². The number of oxime groups is 1. The molecule has 0 saturated carbocycles. The van der Waals surface area contributed by atoms with Crippen molar-refractivity contribution in [3.05, 3.63) is 28.8 Å². The molecule has 7 heteroatoms. The number of ether oxygens (including phenoxy) is 1. The van der Waals surface area contributed by atoms with E-state index in [0.29, 0.717) is 25.3 Å². The van der Waals surface area contributed by atoms with Crippen LogP contribution in [0.15, 0.2) is 17.3 Å². The van der Waals surface area contributed by atoms with Crippen LogP contribution in [0.3, 0.4) is 0 Å². The molecule has 1 aromatic rings. The summed E-state index contributed by atoms with van der Waals surface area (Å²) >= 11 is 0. The first-order chi connectivity index (χ1) is 10.6. The van der Waals surface area contributed by atoms with Crippen molar-refractivity contribution in [3.63, 3.8) is 0 Å². The topological polar surface area (TPSA) is 91.2 Å². The van der Waals surface area contributed by atoms with Crippen LogP contribution < -0.4 is 5.32 Å². The van der Waals surface area contributed by atoms with Gasteiger partial charge in [-0.05, 0) is 24.5 Å². The van der Waals surface area contributed by atoms with E-state index in [1.807, 2.05) is 11.0 Å². The Morgan fingerprint density at radius 2 is 2.32 bits per heavy atom. The monoisotopic (exact) mass is 303 g/mol. The number of nitrogens with one attached hydrogen (secondary N) is 1. The Labute approximate surface area is 127 Å². The molecule has 2 N–H and O–H groups in total. The fourth-order valence-corrected chi connectivity index (χ4v) is 2.97. The van der Waals surface area contributed by atoms with Gasteiger partial charge in [0.05, 0.1) is 18.8 Å². The molecule has 0 atom stereocenters. The Kier molecular flexibility index (Phi) is 3.81. The minimum absolute atomic E-state index is 0.0479. The lowest BCUT2D eigenvalue weighted by molar-refractivity contribution is -0.144. The SMILES string of the molecule is CCOC(=O)CN1CCc2c(ccc3c2NC(=O)/C3=N\O)C1. The molecule has 22 heavy (non-hydrogen) atoms. The van der Waals surface area contributed by atoms with Gasteiger partial charge in [0.1, 0.15) is 0 Å². The van der Waals surface area contributed by atoms with Crippen molar-refractivity contribution in [1.29, 1.82) is 0 Å². The van der Waals surface area contributed by atoms with Crippen molar-refractivity contribution >= 4 is 23.3 Å². The molecule has 1 aromatic carbocycles. The quantitative estimate of drug-likeness (QED) is 0.488. The highest BCUT2D eigenvalue weighted by Crippen LogP contribution is 2.33. The Balaban J connectivity index is 1.82. The number of rotatable bonds is 3. The number of fused-ring (bicyclic) bond motifs is 3. The fraction of sp³-hybridized carbons (Fsp3) is 0.400. The van der Waals surface area contributed by atoms with Gasteiger partial charge in [-0.3, -0.25) is 14.5 Å². The number of benzene rings is 1. The summed E-state index contributed by atoms with van der Waals surface area (Å²) in [4.78, 5) is 25.3. The van der Waals surface area contributed by atoms with E-state index in [0.717, 1.165) is 23.2 Å². The molecular formula is C15H17N3O4. The Morgan fingerprint density at radius 1 is 1.50 bits per heavy atom. The summed E-state index contributed by atoms with van der Waals surface area (Å²) < 4.78 is 4.97. The van der Waals surface area contributed by atoms with E-state index >= 15 is 0 Å². The van der Waals surface area contributed by atoms with Crippen LogP contribution in [0.1, 0.15) is 23.6 Å². The van der Waals surface area contributed by atoms with Gasteiger partial charge in [-0.2, -0.15) is 0 Å². The molecule has 7 nitrogen and oxygen atoms in total. The van der Waals surface area contributed by atoms with E-state index < -0.39 is 0 Å². The fourth-order valence-electron chi connectivity index (χ4n) is 2.97. The van der Waals surface area contributed by atoms with Gasteiger partial charge in [-0.25, -0.2) is 0 Å². The molecule has 2 aliphatic heterocycles. The standard InChI is InChI=1S/C15H17N3O4/c1-2-22-12(19)8-18-6-5-10-9(7-18)3-4-11-13(10)16-15(20)14(11)17-21/h3-4,21H,2,5-8H2,1H3,(H,16,17,20). The molecule has 1 amide bonds. The second kappa shape index (κ2) is 5.76. The summed E-state index contributed by atoms with van der Waals surface area (Å²) in [5.41, 5.74) is 3.52. The third-order valence-corrected chi connectivity index (χ3v) is 3.95. The molecule has 3 rings (SSSR count). The molecule has 0 spiro atoms. The highest BCUT2D eigenvalue weighted by molar-refractivity contribution is 6.53. The van der Waals surface area contributed by atoms with Crippen LogP contribution in [-0.4, -0.2) is 47.4 Å². The Morgan fingerprint density at radius 3 is 3.05 bits per heavy atom. The second-order valence-corrected chi connectivity index (χ2v) is 5.29. The zero-order chi connectivity index (χ0) is 15.7. The summed E-state index contributed by atoms with van der Waals surface area (Å²) in [7, 11) is 0. The molecule has 0 unspecified atom stereocenters. The highest BCUT2D eigenvalue weighted by Gasteiger charge is 2.31. The van der Waals surface area contributed by atoms with Crippen LogP contribution >= 0.6 is 0 Å². The summed E-state index contributed by atoms with van der Waals surface area (Å²) in [5.74, 6) is -0.616. The van der Waals surface area contributed by atoms with Crippen molar-refractivity contribution in [1.82, 2.24) is 4.90 Å². The van der Waals surface area contributed by atoms with Crippen LogP contribution in [0.5, 0.6) is 0 Å². The lowest BCUT2D eigenvalue weighted by Crippen LogP contribution is -2.35. The van der Waals surface area contributed by atoms with Gasteiger partial charge >= 0.3 is 5.97 Å². The van der Waals surface area contributed by atoms with Gasteiger partial charge in [-0.1, -0.05) is 17.3 Å². The van der Waals surface area contributed by atoms with Crippen molar-refractivity contribution in [2.45, 2.75) is 19.9 Å². The Hall–Kier alpha value is -2.41. The number of carbonyl (C=O) groups is 2. The summed E-state index contributed by atoms with van der Waals surface area (Å²) in [5, 5.41) is 14.8. The number of nitrogens with zero attached hydrogens (tertiary/aromatic N) is 2. The first-order valence-corrected chi connectivity index (χ1v) is 7.20. The third kappa shape index (κ3) is 2.43. The van der Waals surface area contributed by atoms with Crippen LogP contribution in [0, 0.1) is 0 Å². The number of amides is 1. The molecule has 2 heterocycles. The molecule has 2 aliphatic rings. The average molecular weight is 303 g/mol. The first kappa shape index (κ1) is 14.5. The number of hydrogen-bond acceptors (Lipinski definition) is 6. The minimum Gasteiger partial charge on any atom is -0.465 e. The smallest absolute Gasteiger partial charge is 0.320 e. The van der Waals surface area contributed by atoms with Crippen molar-refractivity contribution in [2.75, 3.05) is 25.0 Å². The largest absolute Gasteiger partial charge is 0.465 e. The van der Waals surface area contributed by atoms with Crippen molar-refractivity contribution < 1.29 is 19.5 Å². The van der Waals surface area contributed by atoms with Crippen molar-refractivity contribution in [2.24, 2.45) is 5.16 Å². The Bertz CT molecular complexity index is 669. The number of anilines is 1. The highest BCUT2D eigenvalue weighted by atomic mass is 16.5. The molecule has 0 fully saturated rings. The van der Waals surface area contributed by atoms with Gasteiger partial charge in [-0.15, -0.1) is 0 Å². The van der Waals surface area contributed by atoms with Crippen LogP contribution in [0.4, 0.5) is 5.69 Å². The maximum Gasteiger partial charge on any atom is 0.320 e. The number of carbonyl (C=O) groups excluding carboxylic acids is 2. The summed E-state index contributed by atoms with van der Waals surface area (Å²) in [6, 6.07) is 3.69. The van der Waals surface area contributed by atoms with Gasteiger partial charge in [0.25, 0.3) is 5.91 Å².